The van der Waals surface area contributed by atoms with Gasteiger partial charge >= 0.3 is 5.97 Å². The summed E-state index contributed by atoms with van der Waals surface area (Å²) in [6.45, 7) is 0. The van der Waals surface area contributed by atoms with Crippen LogP contribution in [0.2, 0.25) is 5.02 Å². The molecule has 0 amide bonds. The second-order valence-electron chi connectivity index (χ2n) is 4.70. The molecule has 0 saturated heterocycles. The van der Waals surface area contributed by atoms with Gasteiger partial charge in [-0.15, -0.1) is 11.3 Å². The lowest BCUT2D eigenvalue weighted by atomic mass is 10.1. The highest BCUT2D eigenvalue weighted by Crippen LogP contribution is 2.37. The van der Waals surface area contributed by atoms with E-state index in [1.165, 1.54) is 0 Å². The zero-order valence-electron chi connectivity index (χ0n) is 11.7. The summed E-state index contributed by atoms with van der Waals surface area (Å²) in [7, 11) is 0. The lowest BCUT2D eigenvalue weighted by Gasteiger charge is -2.04. The van der Waals surface area contributed by atoms with Crippen molar-refractivity contribution in [2.75, 3.05) is 0 Å². The summed E-state index contributed by atoms with van der Waals surface area (Å²) in [5.74, 6) is -1.08. The van der Waals surface area contributed by atoms with E-state index in [2.05, 4.69) is 11.1 Å². The molecular formula is C17H9ClN2O2S. The number of rotatable bonds is 3. The van der Waals surface area contributed by atoms with Crippen molar-refractivity contribution in [3.8, 4) is 27.8 Å². The van der Waals surface area contributed by atoms with Crippen molar-refractivity contribution < 1.29 is 9.90 Å². The number of nitriles is 1. The minimum atomic E-state index is -1.08. The lowest BCUT2D eigenvalue weighted by Crippen LogP contribution is -1.94. The molecule has 0 aliphatic rings. The number of carboxylic acids is 1. The molecule has 0 aliphatic heterocycles. The third kappa shape index (κ3) is 3.09. The summed E-state index contributed by atoms with van der Waals surface area (Å²) in [4.78, 5) is 16.2. The molecule has 0 atom stereocenters. The Bertz CT molecular complexity index is 944. The van der Waals surface area contributed by atoms with Gasteiger partial charge in [-0.25, -0.2) is 9.78 Å². The summed E-state index contributed by atoms with van der Waals surface area (Å²) in [6.07, 6.45) is 0. The fourth-order valence-corrected chi connectivity index (χ4v) is 3.28. The number of carbonyl (C=O) groups is 1. The lowest BCUT2D eigenvalue weighted by molar-refractivity contribution is 0.0696. The maximum atomic E-state index is 11.3. The summed E-state index contributed by atoms with van der Waals surface area (Å²) >= 11 is 7.10. The predicted molar refractivity (Wildman–Crippen MR) is 89.7 cm³/mol. The molecule has 0 unspecified atom stereocenters. The Balaban J connectivity index is 2.23. The first-order valence-corrected chi connectivity index (χ1v) is 7.78. The third-order valence-electron chi connectivity index (χ3n) is 3.16. The van der Waals surface area contributed by atoms with E-state index in [-0.39, 0.29) is 5.01 Å². The van der Waals surface area contributed by atoms with Gasteiger partial charge in [0.25, 0.3) is 0 Å². The molecule has 1 aromatic heterocycles. The fourth-order valence-electron chi connectivity index (χ4n) is 2.17. The number of benzene rings is 2. The summed E-state index contributed by atoms with van der Waals surface area (Å²) in [5.41, 5.74) is 2.54. The van der Waals surface area contributed by atoms with E-state index in [4.69, 9.17) is 16.9 Å². The zero-order valence-corrected chi connectivity index (χ0v) is 13.2. The van der Waals surface area contributed by atoms with E-state index in [0.29, 0.717) is 21.2 Å². The molecule has 0 bridgehead atoms. The van der Waals surface area contributed by atoms with Crippen LogP contribution in [0.5, 0.6) is 0 Å². The van der Waals surface area contributed by atoms with Crippen LogP contribution in [0, 0.1) is 11.3 Å². The maximum absolute atomic E-state index is 11.3. The topological polar surface area (TPSA) is 74.0 Å². The van der Waals surface area contributed by atoms with Crippen LogP contribution in [0.4, 0.5) is 0 Å². The Labute approximate surface area is 141 Å². The molecule has 0 fully saturated rings. The molecule has 112 valence electrons. The van der Waals surface area contributed by atoms with Gasteiger partial charge in [-0.05, 0) is 29.8 Å². The SMILES string of the molecule is N#Cc1cccc(-c2sc(C(=O)O)nc2-c2cccc(Cl)c2)c1. The van der Waals surface area contributed by atoms with E-state index in [0.717, 1.165) is 22.5 Å². The van der Waals surface area contributed by atoms with Crippen LogP contribution < -0.4 is 0 Å². The van der Waals surface area contributed by atoms with Crippen molar-refractivity contribution in [3.05, 3.63) is 64.1 Å². The quantitative estimate of drug-likeness (QED) is 0.749. The van der Waals surface area contributed by atoms with Gasteiger partial charge in [0.05, 0.1) is 22.2 Å². The van der Waals surface area contributed by atoms with Gasteiger partial charge in [-0.2, -0.15) is 5.26 Å². The Kier molecular flexibility index (Phi) is 4.11. The number of halogens is 1. The first-order chi connectivity index (χ1) is 11.1. The summed E-state index contributed by atoms with van der Waals surface area (Å²) in [5, 5.41) is 18.8. The van der Waals surface area contributed by atoms with Crippen LogP contribution >= 0.6 is 22.9 Å². The molecule has 4 nitrogen and oxygen atoms in total. The number of thiazole rings is 1. The van der Waals surface area contributed by atoms with Crippen LogP contribution in [0.3, 0.4) is 0 Å². The highest BCUT2D eigenvalue weighted by molar-refractivity contribution is 7.17. The van der Waals surface area contributed by atoms with Gasteiger partial charge in [0.15, 0.2) is 0 Å². The molecule has 0 aliphatic carbocycles. The number of aromatic nitrogens is 1. The Morgan fingerprint density at radius 1 is 1.17 bits per heavy atom. The number of hydrogen-bond donors (Lipinski definition) is 1. The van der Waals surface area contributed by atoms with E-state index in [1.54, 1.807) is 36.4 Å². The van der Waals surface area contributed by atoms with Crippen molar-refractivity contribution in [3.63, 3.8) is 0 Å². The molecule has 0 spiro atoms. The fraction of sp³-hybridized carbons (Fsp3) is 0. The van der Waals surface area contributed by atoms with Gasteiger partial charge in [0.2, 0.25) is 5.01 Å². The Morgan fingerprint density at radius 3 is 2.61 bits per heavy atom. The number of hydrogen-bond acceptors (Lipinski definition) is 4. The first kappa shape index (κ1) is 15.2. The van der Waals surface area contributed by atoms with Crippen LogP contribution in [0.25, 0.3) is 21.7 Å². The zero-order chi connectivity index (χ0) is 16.4. The van der Waals surface area contributed by atoms with Crippen LogP contribution in [-0.4, -0.2) is 16.1 Å². The number of nitrogens with zero attached hydrogens (tertiary/aromatic N) is 2. The number of aromatic carboxylic acids is 1. The minimum absolute atomic E-state index is 0.00247. The highest BCUT2D eigenvalue weighted by atomic mass is 35.5. The van der Waals surface area contributed by atoms with Crippen molar-refractivity contribution in [1.29, 1.82) is 5.26 Å². The van der Waals surface area contributed by atoms with Gasteiger partial charge in [0, 0.05) is 10.6 Å². The van der Waals surface area contributed by atoms with E-state index >= 15 is 0 Å². The van der Waals surface area contributed by atoms with E-state index in [9.17, 15) is 9.90 Å². The van der Waals surface area contributed by atoms with Gasteiger partial charge < -0.3 is 5.11 Å². The van der Waals surface area contributed by atoms with Crippen LogP contribution in [0.1, 0.15) is 15.4 Å². The second-order valence-corrected chi connectivity index (χ2v) is 6.14. The van der Waals surface area contributed by atoms with Crippen molar-refractivity contribution in [2.24, 2.45) is 0 Å². The summed E-state index contributed by atoms with van der Waals surface area (Å²) < 4.78 is 0. The second kappa shape index (κ2) is 6.21. The smallest absolute Gasteiger partial charge is 0.365 e. The maximum Gasteiger partial charge on any atom is 0.365 e. The molecule has 3 rings (SSSR count). The molecule has 1 heterocycles. The molecule has 23 heavy (non-hydrogen) atoms. The average molecular weight is 341 g/mol. The molecule has 1 N–H and O–H groups in total. The molecule has 0 radical (unpaired) electrons. The molecule has 2 aromatic carbocycles. The third-order valence-corrected chi connectivity index (χ3v) is 4.49. The molecule has 0 saturated carbocycles. The van der Waals surface area contributed by atoms with Crippen LogP contribution in [0.15, 0.2) is 48.5 Å². The van der Waals surface area contributed by atoms with Gasteiger partial charge in [-0.1, -0.05) is 35.9 Å². The Morgan fingerprint density at radius 2 is 1.91 bits per heavy atom. The van der Waals surface area contributed by atoms with E-state index in [1.807, 2.05) is 12.1 Å². The average Bonchev–Trinajstić information content (AvgIpc) is 3.00. The molecule has 3 aromatic rings. The monoisotopic (exact) mass is 340 g/mol. The van der Waals surface area contributed by atoms with Gasteiger partial charge in [0.1, 0.15) is 0 Å². The van der Waals surface area contributed by atoms with Crippen molar-refractivity contribution in [1.82, 2.24) is 4.98 Å². The Hall–Kier alpha value is -2.68. The van der Waals surface area contributed by atoms with Crippen molar-refractivity contribution >= 4 is 28.9 Å². The first-order valence-electron chi connectivity index (χ1n) is 6.59. The van der Waals surface area contributed by atoms with Crippen LogP contribution in [-0.2, 0) is 0 Å². The number of carboxylic acid groups (broad SMARTS) is 1. The van der Waals surface area contributed by atoms with Crippen molar-refractivity contribution in [2.45, 2.75) is 0 Å². The summed E-state index contributed by atoms with van der Waals surface area (Å²) in [6, 6.07) is 16.2. The standard InChI is InChI=1S/C17H9ClN2O2S/c18-13-6-2-4-11(8-13)14-15(23-16(20-14)17(21)22)12-5-1-3-10(7-12)9-19/h1-8H,(H,21,22). The highest BCUT2D eigenvalue weighted by Gasteiger charge is 2.19. The molecular weight excluding hydrogens is 332 g/mol. The van der Waals surface area contributed by atoms with E-state index < -0.39 is 5.97 Å². The normalized spacial score (nSPS) is 10.3. The van der Waals surface area contributed by atoms with Gasteiger partial charge in [-0.3, -0.25) is 0 Å². The predicted octanol–water partition coefficient (Wildman–Crippen LogP) is 4.70. The largest absolute Gasteiger partial charge is 0.476 e. The molecule has 6 heteroatoms. The minimum Gasteiger partial charge on any atom is -0.476 e.